The molecule has 136 valence electrons. The van der Waals surface area contributed by atoms with Crippen molar-refractivity contribution in [2.24, 2.45) is 0 Å². The van der Waals surface area contributed by atoms with Gasteiger partial charge in [0.15, 0.2) is 18.0 Å². The number of ether oxygens (including phenoxy) is 1. The Morgan fingerprint density at radius 2 is 1.70 bits per heavy atom. The zero-order chi connectivity index (χ0) is 18.8. The zero-order valence-corrected chi connectivity index (χ0v) is 14.2. The maximum absolute atomic E-state index is 12.1. The van der Waals surface area contributed by atoms with Crippen LogP contribution in [0.4, 0.5) is 0 Å². The van der Waals surface area contributed by atoms with Crippen LogP contribution in [0.25, 0.3) is 22.1 Å². The molecule has 0 fully saturated rings. The Kier molecular flexibility index (Phi) is 4.33. The monoisotopic (exact) mass is 365 g/mol. The lowest BCUT2D eigenvalue weighted by Gasteiger charge is -2.04. The van der Waals surface area contributed by atoms with Crippen LogP contribution >= 0.6 is 0 Å². The van der Waals surface area contributed by atoms with Crippen LogP contribution in [-0.2, 0) is 16.1 Å². The molecule has 0 saturated carbocycles. The first-order valence-electron chi connectivity index (χ1n) is 8.37. The van der Waals surface area contributed by atoms with E-state index < -0.39 is 24.1 Å². The molecule has 0 N–H and O–H groups in total. The second kappa shape index (κ2) is 6.95. The van der Waals surface area contributed by atoms with Gasteiger partial charge in [-0.05, 0) is 24.3 Å². The van der Waals surface area contributed by atoms with E-state index in [-0.39, 0.29) is 18.7 Å². The number of para-hydroxylation sites is 3. The number of hydrogen-bond acceptors (Lipinski definition) is 6. The van der Waals surface area contributed by atoms with E-state index in [9.17, 15) is 14.4 Å². The van der Waals surface area contributed by atoms with Crippen molar-refractivity contribution in [3.05, 3.63) is 70.9 Å². The number of hydrogen-bond donors (Lipinski definition) is 0. The van der Waals surface area contributed by atoms with Gasteiger partial charge in [-0.25, -0.2) is 4.79 Å². The summed E-state index contributed by atoms with van der Waals surface area (Å²) in [5.41, 5.74) is 1.66. The van der Waals surface area contributed by atoms with E-state index in [1.165, 1.54) is 4.57 Å². The van der Waals surface area contributed by atoms with Gasteiger partial charge in [0.25, 0.3) is 0 Å². The summed E-state index contributed by atoms with van der Waals surface area (Å²) in [4.78, 5) is 35.9. The van der Waals surface area contributed by atoms with E-state index in [2.05, 4.69) is 0 Å². The van der Waals surface area contributed by atoms with E-state index in [0.717, 1.165) is 5.39 Å². The maximum atomic E-state index is 12.1. The Labute approximate surface area is 152 Å². The quantitative estimate of drug-likeness (QED) is 0.385. The lowest BCUT2D eigenvalue weighted by molar-refractivity contribution is -0.142. The molecule has 4 rings (SSSR count). The molecule has 0 amide bonds. The van der Waals surface area contributed by atoms with Crippen molar-refractivity contribution in [1.29, 1.82) is 0 Å². The van der Waals surface area contributed by atoms with Crippen molar-refractivity contribution in [2.45, 2.75) is 13.0 Å². The Balaban J connectivity index is 1.36. The highest BCUT2D eigenvalue weighted by Gasteiger charge is 2.16. The number of benzene rings is 2. The summed E-state index contributed by atoms with van der Waals surface area (Å²) in [6.07, 6.45) is -0.0587. The number of oxazole rings is 1. The zero-order valence-electron chi connectivity index (χ0n) is 14.2. The van der Waals surface area contributed by atoms with Crippen molar-refractivity contribution in [3.63, 3.8) is 0 Å². The molecule has 27 heavy (non-hydrogen) atoms. The van der Waals surface area contributed by atoms with Crippen LogP contribution in [0.15, 0.2) is 68.2 Å². The second-order valence-corrected chi connectivity index (χ2v) is 5.97. The fourth-order valence-corrected chi connectivity index (χ4v) is 2.84. The number of furan rings is 1. The van der Waals surface area contributed by atoms with Crippen molar-refractivity contribution >= 4 is 33.8 Å². The van der Waals surface area contributed by atoms with Gasteiger partial charge in [0.1, 0.15) is 5.58 Å². The van der Waals surface area contributed by atoms with Gasteiger partial charge in [0.2, 0.25) is 5.78 Å². The summed E-state index contributed by atoms with van der Waals surface area (Å²) < 4.78 is 16.9. The molecular formula is C20H15NO6. The molecule has 7 nitrogen and oxygen atoms in total. The van der Waals surface area contributed by atoms with Crippen molar-refractivity contribution in [3.8, 4) is 0 Å². The number of carbonyl (C=O) groups is 2. The summed E-state index contributed by atoms with van der Waals surface area (Å²) in [6, 6.07) is 15.8. The standard InChI is InChI=1S/C20H15NO6/c22-15(18-11-13-5-1-3-7-16(13)26-18)12-25-19(23)9-10-21-14-6-2-4-8-17(14)27-20(21)24/h1-8,11H,9-10,12H2. The highest BCUT2D eigenvalue weighted by molar-refractivity contribution is 5.99. The van der Waals surface area contributed by atoms with E-state index in [1.54, 1.807) is 36.4 Å². The van der Waals surface area contributed by atoms with E-state index in [1.807, 2.05) is 18.2 Å². The predicted octanol–water partition coefficient (Wildman–Crippen LogP) is 3.16. The molecule has 0 spiro atoms. The molecular weight excluding hydrogens is 350 g/mol. The second-order valence-electron chi connectivity index (χ2n) is 5.97. The molecule has 0 aliphatic heterocycles. The normalized spacial score (nSPS) is 11.1. The molecule has 0 aliphatic rings. The SMILES string of the molecule is O=C(CCn1c(=O)oc2ccccc21)OCC(=O)c1cc2ccccc2o1. The van der Waals surface area contributed by atoms with Crippen molar-refractivity contribution in [2.75, 3.05) is 6.61 Å². The van der Waals surface area contributed by atoms with Gasteiger partial charge in [-0.3, -0.25) is 14.2 Å². The minimum atomic E-state index is -0.586. The minimum absolute atomic E-state index is 0.0587. The summed E-state index contributed by atoms with van der Waals surface area (Å²) in [5.74, 6) is -1.41. The van der Waals surface area contributed by atoms with Crippen LogP contribution < -0.4 is 5.76 Å². The van der Waals surface area contributed by atoms with Crippen LogP contribution in [-0.4, -0.2) is 22.9 Å². The number of esters is 1. The van der Waals surface area contributed by atoms with Gasteiger partial charge in [-0.2, -0.15) is 0 Å². The van der Waals surface area contributed by atoms with Gasteiger partial charge in [0.05, 0.1) is 11.9 Å². The van der Waals surface area contributed by atoms with E-state index >= 15 is 0 Å². The van der Waals surface area contributed by atoms with Gasteiger partial charge < -0.3 is 13.6 Å². The molecule has 0 aliphatic carbocycles. The number of carbonyl (C=O) groups excluding carboxylic acids is 2. The average Bonchev–Trinajstić information content (AvgIpc) is 3.24. The third-order valence-corrected chi connectivity index (χ3v) is 4.18. The molecule has 0 radical (unpaired) electrons. The average molecular weight is 365 g/mol. The summed E-state index contributed by atoms with van der Waals surface area (Å²) >= 11 is 0. The lowest BCUT2D eigenvalue weighted by Crippen LogP contribution is -2.19. The molecule has 0 saturated heterocycles. The van der Waals surface area contributed by atoms with Gasteiger partial charge >= 0.3 is 11.7 Å². The summed E-state index contributed by atoms with van der Waals surface area (Å²) in [5, 5.41) is 0.804. The van der Waals surface area contributed by atoms with Crippen LogP contribution in [0.2, 0.25) is 0 Å². The largest absolute Gasteiger partial charge is 0.457 e. The third kappa shape index (κ3) is 3.39. The van der Waals surface area contributed by atoms with Crippen LogP contribution in [0.3, 0.4) is 0 Å². The fourth-order valence-electron chi connectivity index (χ4n) is 2.84. The molecule has 2 heterocycles. The number of nitrogens with zero attached hydrogens (tertiary/aromatic N) is 1. The Hall–Kier alpha value is -3.61. The number of rotatable bonds is 6. The van der Waals surface area contributed by atoms with Gasteiger partial charge in [0, 0.05) is 11.9 Å². The molecule has 0 bridgehead atoms. The first-order chi connectivity index (χ1) is 13.1. The summed E-state index contributed by atoms with van der Waals surface area (Å²) in [6.45, 7) is -0.312. The van der Waals surface area contributed by atoms with Gasteiger partial charge in [-0.15, -0.1) is 0 Å². The molecule has 7 heteroatoms. The van der Waals surface area contributed by atoms with Crippen molar-refractivity contribution < 1.29 is 23.2 Å². The maximum Gasteiger partial charge on any atom is 0.419 e. The van der Waals surface area contributed by atoms with Crippen molar-refractivity contribution in [1.82, 2.24) is 4.57 Å². The number of aromatic nitrogens is 1. The number of ketones is 1. The van der Waals surface area contributed by atoms with Gasteiger partial charge in [-0.1, -0.05) is 30.3 Å². The molecule has 2 aromatic heterocycles. The van der Waals surface area contributed by atoms with Crippen LogP contribution in [0.1, 0.15) is 17.0 Å². The highest BCUT2D eigenvalue weighted by Crippen LogP contribution is 2.19. The first kappa shape index (κ1) is 16.8. The third-order valence-electron chi connectivity index (χ3n) is 4.18. The Bertz CT molecular complexity index is 1160. The molecule has 0 atom stereocenters. The number of Topliss-reactive ketones (excluding diaryl/α,β-unsaturated/α-hetero) is 1. The first-order valence-corrected chi connectivity index (χ1v) is 8.37. The highest BCUT2D eigenvalue weighted by atomic mass is 16.5. The minimum Gasteiger partial charge on any atom is -0.457 e. The number of fused-ring (bicyclic) bond motifs is 2. The topological polar surface area (TPSA) is 91.6 Å². The smallest absolute Gasteiger partial charge is 0.419 e. The Morgan fingerprint density at radius 1 is 0.963 bits per heavy atom. The Morgan fingerprint density at radius 3 is 2.52 bits per heavy atom. The molecule has 0 unspecified atom stereocenters. The lowest BCUT2D eigenvalue weighted by atomic mass is 10.2. The summed E-state index contributed by atoms with van der Waals surface area (Å²) in [7, 11) is 0. The van der Waals surface area contributed by atoms with E-state index in [0.29, 0.717) is 16.7 Å². The fraction of sp³-hybridized carbons (Fsp3) is 0.150. The van der Waals surface area contributed by atoms with E-state index in [4.69, 9.17) is 13.6 Å². The molecule has 4 aromatic rings. The van der Waals surface area contributed by atoms with Crippen LogP contribution in [0, 0.1) is 0 Å². The predicted molar refractivity (Wildman–Crippen MR) is 96.6 cm³/mol. The molecule has 2 aromatic carbocycles. The number of aryl methyl sites for hydroxylation is 1. The van der Waals surface area contributed by atoms with Crippen LogP contribution in [0.5, 0.6) is 0 Å².